The van der Waals surface area contributed by atoms with Crippen LogP contribution in [0.3, 0.4) is 0 Å². The van der Waals surface area contributed by atoms with Gasteiger partial charge >= 0.3 is 51.4 Å². The molecule has 0 radical (unpaired) electrons. The molecule has 1 aromatic heterocycles. The predicted octanol–water partition coefficient (Wildman–Crippen LogP) is 2.94. The Morgan fingerprint density at radius 1 is 0.917 bits per heavy atom. The zero-order valence-corrected chi connectivity index (χ0v) is 19.6. The van der Waals surface area contributed by atoms with E-state index in [-0.39, 0.29) is 56.8 Å². The van der Waals surface area contributed by atoms with E-state index in [0.717, 1.165) is 17.1 Å². The predicted molar refractivity (Wildman–Crippen MR) is 100 cm³/mol. The topological polar surface area (TPSA) is 26.5 Å². The fourth-order valence-electron chi connectivity index (χ4n) is 2.66. The summed E-state index contributed by atoms with van der Waals surface area (Å²) in [5, 5.41) is 0. The zero-order valence-electron chi connectivity index (χ0n) is 16.5. The van der Waals surface area contributed by atoms with Crippen LogP contribution < -0.4 is 56.4 Å². The zero-order chi connectivity index (χ0) is 17.2. The van der Waals surface area contributed by atoms with Crippen molar-refractivity contribution in [3.05, 3.63) is 52.8 Å². The first kappa shape index (κ1) is 21.8. The van der Waals surface area contributed by atoms with Crippen molar-refractivity contribution in [1.29, 1.82) is 0 Å². The maximum Gasteiger partial charge on any atom is 1.00 e. The maximum atomic E-state index is 4.83. The van der Waals surface area contributed by atoms with E-state index < -0.39 is 0 Å². The fraction of sp³-hybridized carbons (Fsp3) is 0.476. The van der Waals surface area contributed by atoms with Crippen LogP contribution in [0.1, 0.15) is 82.8 Å². The van der Waals surface area contributed by atoms with Crippen molar-refractivity contribution < 1.29 is 51.4 Å². The number of benzene rings is 1. The number of rotatable bonds is 4. The van der Waals surface area contributed by atoms with Crippen molar-refractivity contribution in [3.63, 3.8) is 0 Å². The van der Waals surface area contributed by atoms with Crippen molar-refractivity contribution in [2.45, 2.75) is 65.7 Å². The Morgan fingerprint density at radius 3 is 1.88 bits per heavy atom. The molecule has 0 spiro atoms. The summed E-state index contributed by atoms with van der Waals surface area (Å²) in [6.07, 6.45) is 1.91. The second-order valence-corrected chi connectivity index (χ2v) is 7.86. The van der Waals surface area contributed by atoms with Crippen LogP contribution in [0.4, 0.5) is 5.69 Å². The molecule has 1 aromatic carbocycles. The van der Waals surface area contributed by atoms with E-state index >= 15 is 0 Å². The Bertz CT molecular complexity index is 662. The molecule has 3 heteroatoms. The third-order valence-electron chi connectivity index (χ3n) is 4.10. The first-order valence-corrected chi connectivity index (χ1v) is 8.51. The number of nitrogens with zero attached hydrogens (tertiary/aromatic N) is 2. The largest absolute Gasteiger partial charge is 1.00 e. The van der Waals surface area contributed by atoms with E-state index in [2.05, 4.69) is 78.8 Å². The van der Waals surface area contributed by atoms with Crippen molar-refractivity contribution in [3.8, 4) is 0 Å². The van der Waals surface area contributed by atoms with Crippen LogP contribution in [-0.2, 0) is 5.41 Å². The van der Waals surface area contributed by atoms with Crippen molar-refractivity contribution in [2.24, 2.45) is 4.99 Å². The van der Waals surface area contributed by atoms with Gasteiger partial charge in [-0.3, -0.25) is 4.99 Å². The molecule has 24 heavy (non-hydrogen) atoms. The van der Waals surface area contributed by atoms with Crippen molar-refractivity contribution in [1.82, 2.24) is 4.98 Å². The summed E-state index contributed by atoms with van der Waals surface area (Å²) in [6.45, 7) is 15.4. The van der Waals surface area contributed by atoms with Crippen LogP contribution in [0, 0.1) is 0 Å². The summed E-state index contributed by atoms with van der Waals surface area (Å²) in [6, 6.07) is 10.7. The second-order valence-electron chi connectivity index (χ2n) is 7.86. The molecule has 0 unspecified atom stereocenters. The summed E-state index contributed by atoms with van der Waals surface area (Å²) >= 11 is 0. The average molecular weight is 349 g/mol. The van der Waals surface area contributed by atoms with Gasteiger partial charge in [0.1, 0.15) is 0 Å². The fourth-order valence-corrected chi connectivity index (χ4v) is 2.66. The van der Waals surface area contributed by atoms with Gasteiger partial charge in [0, 0.05) is 6.21 Å². The summed E-state index contributed by atoms with van der Waals surface area (Å²) in [4.78, 5) is 9.52. The summed E-state index contributed by atoms with van der Waals surface area (Å²) in [7, 11) is 0. The summed E-state index contributed by atoms with van der Waals surface area (Å²) in [5.41, 5.74) is 5.83. The van der Waals surface area contributed by atoms with Crippen LogP contribution in [0.2, 0.25) is 0 Å². The molecule has 0 bridgehead atoms. The third kappa shape index (κ3) is 5.40. The summed E-state index contributed by atoms with van der Waals surface area (Å²) < 4.78 is 0. The third-order valence-corrected chi connectivity index (χ3v) is 4.10. The molecule has 2 rings (SSSR count). The van der Waals surface area contributed by atoms with Crippen molar-refractivity contribution in [2.75, 3.05) is 0 Å². The minimum atomic E-state index is 0. The molecule has 2 aromatic rings. The van der Waals surface area contributed by atoms with Gasteiger partial charge in [-0.25, -0.2) is 0 Å². The first-order chi connectivity index (χ1) is 10.7. The molecule has 0 N–H and O–H groups in total. The molecule has 0 saturated heterocycles. The van der Waals surface area contributed by atoms with Gasteiger partial charge in [-0.2, -0.15) is 5.69 Å². The Hall–Kier alpha value is -0.194. The number of para-hydroxylation sites is 1. The molecule has 0 fully saturated rings. The summed E-state index contributed by atoms with van der Waals surface area (Å²) in [5.74, 6) is 0.914. The van der Waals surface area contributed by atoms with Gasteiger partial charge in [0.25, 0.3) is 0 Å². The Kier molecular flexibility index (Phi) is 8.15. The normalized spacial score (nSPS) is 12.2. The van der Waals surface area contributed by atoms with Gasteiger partial charge in [0.15, 0.2) is 0 Å². The molecular weight excluding hydrogens is 319 g/mol. The smallest absolute Gasteiger partial charge is 0.660 e. The van der Waals surface area contributed by atoms with E-state index in [4.69, 9.17) is 9.98 Å². The molecule has 1 heterocycles. The Labute approximate surface area is 190 Å². The van der Waals surface area contributed by atoms with Gasteiger partial charge in [0.05, 0.1) is 5.69 Å². The molecule has 0 saturated carbocycles. The van der Waals surface area contributed by atoms with E-state index in [1.807, 2.05) is 6.21 Å². The standard InChI is InChI=1S/C21H29N2.K/c1-14(2)17-9-8-10-18(15(3)4)20(17)22-13-16-11-12-19(23-16)21(5,6)7;/h8-15H,1-7H3;/q-1;+1. The monoisotopic (exact) mass is 348 g/mol. The number of hydrogen-bond acceptors (Lipinski definition) is 1. The first-order valence-electron chi connectivity index (χ1n) is 8.51. The van der Waals surface area contributed by atoms with E-state index in [1.165, 1.54) is 11.1 Å². The molecule has 0 atom stereocenters. The van der Waals surface area contributed by atoms with Crippen LogP contribution in [0.5, 0.6) is 0 Å². The van der Waals surface area contributed by atoms with Crippen LogP contribution in [-0.4, -0.2) is 6.21 Å². The SMILES string of the molecule is CC(C)c1cccc(C(C)C)c1N=Cc1ccc(C(C)(C)C)[n-]1.[K+]. The molecule has 2 nitrogen and oxygen atoms in total. The van der Waals surface area contributed by atoms with Gasteiger partial charge < -0.3 is 4.98 Å². The van der Waals surface area contributed by atoms with E-state index in [1.54, 1.807) is 0 Å². The minimum absolute atomic E-state index is 0. The second kappa shape index (κ2) is 8.95. The van der Waals surface area contributed by atoms with Crippen molar-refractivity contribution >= 4 is 11.9 Å². The minimum Gasteiger partial charge on any atom is -0.660 e. The van der Waals surface area contributed by atoms with Gasteiger partial charge in [0.2, 0.25) is 0 Å². The van der Waals surface area contributed by atoms with Gasteiger partial charge in [-0.15, -0.1) is 5.69 Å². The van der Waals surface area contributed by atoms with E-state index in [0.29, 0.717) is 11.8 Å². The maximum absolute atomic E-state index is 4.83. The van der Waals surface area contributed by atoms with Gasteiger partial charge in [-0.05, 0) is 28.4 Å². The number of aliphatic imine (C=N–C) groups is 1. The number of hydrogen-bond donors (Lipinski definition) is 0. The van der Waals surface area contributed by atoms with Crippen LogP contribution in [0.15, 0.2) is 35.3 Å². The van der Waals surface area contributed by atoms with Gasteiger partial charge in [-0.1, -0.05) is 78.8 Å². The molecule has 0 aliphatic heterocycles. The average Bonchev–Trinajstić information content (AvgIpc) is 2.93. The van der Waals surface area contributed by atoms with E-state index in [9.17, 15) is 0 Å². The molecule has 0 aliphatic rings. The molecule has 0 amide bonds. The molecular formula is C21H29KN2. The van der Waals surface area contributed by atoms with Crippen LogP contribution in [0.25, 0.3) is 0 Å². The Balaban J connectivity index is 0.00000288. The Morgan fingerprint density at radius 2 is 1.46 bits per heavy atom. The quantitative estimate of drug-likeness (QED) is 0.616. The number of aromatic nitrogens is 1. The molecule has 124 valence electrons. The molecule has 0 aliphatic carbocycles. The van der Waals surface area contributed by atoms with Crippen LogP contribution >= 0.6 is 0 Å².